The van der Waals surface area contributed by atoms with Crippen LogP contribution in [-0.2, 0) is 17.8 Å². The maximum absolute atomic E-state index is 13.5. The quantitative estimate of drug-likeness (QED) is 0.335. The molecule has 31 heavy (non-hydrogen) atoms. The monoisotopic (exact) mass is 452 g/mol. The van der Waals surface area contributed by atoms with E-state index >= 15 is 0 Å². The summed E-state index contributed by atoms with van der Waals surface area (Å²) >= 11 is 2.65. The predicted molar refractivity (Wildman–Crippen MR) is 128 cm³/mol. The van der Waals surface area contributed by atoms with Gasteiger partial charge in [0.15, 0.2) is 5.16 Å². The summed E-state index contributed by atoms with van der Waals surface area (Å²) in [5.74, 6) is 0.121. The molecule has 0 spiro atoms. The van der Waals surface area contributed by atoms with Gasteiger partial charge in [-0.3, -0.25) is 14.2 Å². The van der Waals surface area contributed by atoms with Crippen LogP contribution in [-0.4, -0.2) is 32.2 Å². The molecule has 0 saturated heterocycles. The molecule has 0 aliphatic heterocycles. The highest BCUT2D eigenvalue weighted by atomic mass is 32.2. The number of amides is 1. The Bertz CT molecular complexity index is 1290. The van der Waals surface area contributed by atoms with E-state index in [0.29, 0.717) is 21.9 Å². The first-order valence-corrected chi connectivity index (χ1v) is 12.0. The van der Waals surface area contributed by atoms with Gasteiger partial charge in [-0.2, -0.15) is 0 Å². The number of benzene rings is 1. The number of nitrogens with one attached hydrogen (secondary N) is 1. The summed E-state index contributed by atoms with van der Waals surface area (Å²) in [5, 5.41) is 4.30. The van der Waals surface area contributed by atoms with Crippen LogP contribution in [0.25, 0.3) is 20.4 Å². The van der Waals surface area contributed by atoms with Crippen molar-refractivity contribution in [3.05, 3.63) is 64.1 Å². The first kappa shape index (κ1) is 21.5. The number of fused-ring (bicyclic) bond motifs is 3. The maximum atomic E-state index is 13.5. The molecule has 0 radical (unpaired) electrons. The Morgan fingerprint density at radius 2 is 1.94 bits per heavy atom. The minimum atomic E-state index is -0.0978. The average Bonchev–Trinajstić information content (AvgIpc) is 3.13. The third-order valence-corrected chi connectivity index (χ3v) is 6.94. The summed E-state index contributed by atoms with van der Waals surface area (Å²) in [5.41, 5.74) is 2.83. The summed E-state index contributed by atoms with van der Waals surface area (Å²) in [6, 6.07) is 12.1. The van der Waals surface area contributed by atoms with Crippen LogP contribution in [0.4, 0.5) is 0 Å². The molecule has 6 nitrogen and oxygen atoms in total. The summed E-state index contributed by atoms with van der Waals surface area (Å²) < 4.78 is 2.27. The molecule has 0 saturated carbocycles. The van der Waals surface area contributed by atoms with Gasteiger partial charge in [0.2, 0.25) is 5.91 Å². The molecule has 1 amide bonds. The minimum Gasteiger partial charge on any atom is -0.353 e. The third kappa shape index (κ3) is 4.65. The van der Waals surface area contributed by atoms with Crippen LogP contribution in [0.3, 0.4) is 0 Å². The molecule has 0 unspecified atom stereocenters. The van der Waals surface area contributed by atoms with Crippen LogP contribution in [0.1, 0.15) is 31.9 Å². The molecule has 4 rings (SSSR count). The molecule has 1 aromatic carbocycles. The predicted octanol–water partition coefficient (Wildman–Crippen LogP) is 4.23. The van der Waals surface area contributed by atoms with E-state index in [4.69, 9.17) is 4.98 Å². The molecule has 0 aliphatic rings. The number of rotatable bonds is 7. The van der Waals surface area contributed by atoms with Crippen molar-refractivity contribution in [1.82, 2.24) is 19.9 Å². The van der Waals surface area contributed by atoms with Gasteiger partial charge >= 0.3 is 0 Å². The van der Waals surface area contributed by atoms with Gasteiger partial charge < -0.3 is 5.32 Å². The SMILES string of the molecule is CCc1ccc(Cn2c(SCC(=O)NC(C)C)nc3c(sc4ncccc43)c2=O)cc1. The molecule has 0 fully saturated rings. The first-order valence-electron chi connectivity index (χ1n) is 10.2. The van der Waals surface area contributed by atoms with Gasteiger partial charge in [0.1, 0.15) is 9.53 Å². The number of thioether (sulfide) groups is 1. The second kappa shape index (κ2) is 9.20. The highest BCUT2D eigenvalue weighted by Crippen LogP contribution is 2.30. The van der Waals surface area contributed by atoms with E-state index in [9.17, 15) is 9.59 Å². The number of carbonyl (C=O) groups is 1. The van der Waals surface area contributed by atoms with Gasteiger partial charge in [0.05, 0.1) is 17.8 Å². The Balaban J connectivity index is 1.78. The Morgan fingerprint density at radius 1 is 1.19 bits per heavy atom. The van der Waals surface area contributed by atoms with E-state index < -0.39 is 0 Å². The molecule has 3 heterocycles. The van der Waals surface area contributed by atoms with Crippen molar-refractivity contribution in [3.8, 4) is 0 Å². The molecule has 0 bridgehead atoms. The van der Waals surface area contributed by atoms with Crippen molar-refractivity contribution < 1.29 is 4.79 Å². The number of aryl methyl sites for hydroxylation is 1. The first-order chi connectivity index (χ1) is 15.0. The summed E-state index contributed by atoms with van der Waals surface area (Å²) in [6.45, 7) is 6.37. The Labute approximate surface area is 188 Å². The number of thiophene rings is 1. The van der Waals surface area contributed by atoms with Crippen LogP contribution in [0.2, 0.25) is 0 Å². The van der Waals surface area contributed by atoms with Gasteiger partial charge in [-0.15, -0.1) is 11.3 Å². The van der Waals surface area contributed by atoms with E-state index in [2.05, 4.69) is 29.4 Å². The fourth-order valence-electron chi connectivity index (χ4n) is 3.35. The van der Waals surface area contributed by atoms with E-state index in [1.807, 2.05) is 38.1 Å². The molecule has 4 aromatic rings. The lowest BCUT2D eigenvalue weighted by Crippen LogP contribution is -2.32. The van der Waals surface area contributed by atoms with Gasteiger partial charge in [0, 0.05) is 17.6 Å². The highest BCUT2D eigenvalue weighted by Gasteiger charge is 2.18. The largest absolute Gasteiger partial charge is 0.353 e. The Morgan fingerprint density at radius 3 is 2.65 bits per heavy atom. The van der Waals surface area contributed by atoms with Crippen LogP contribution in [0.15, 0.2) is 52.5 Å². The molecule has 3 aromatic heterocycles. The van der Waals surface area contributed by atoms with Crippen molar-refractivity contribution in [3.63, 3.8) is 0 Å². The number of carbonyl (C=O) groups excluding carboxylic acids is 1. The zero-order valence-corrected chi connectivity index (χ0v) is 19.3. The van der Waals surface area contributed by atoms with Crippen LogP contribution in [0.5, 0.6) is 0 Å². The van der Waals surface area contributed by atoms with E-state index in [0.717, 1.165) is 22.2 Å². The average molecular weight is 453 g/mol. The van der Waals surface area contributed by atoms with Crippen molar-refractivity contribution in [2.45, 2.75) is 44.9 Å². The van der Waals surface area contributed by atoms with Crippen molar-refractivity contribution >= 4 is 49.4 Å². The normalized spacial score (nSPS) is 11.5. The van der Waals surface area contributed by atoms with Gasteiger partial charge in [-0.25, -0.2) is 9.97 Å². The molecule has 1 N–H and O–H groups in total. The lowest BCUT2D eigenvalue weighted by molar-refractivity contribution is -0.119. The molecule has 160 valence electrons. The number of nitrogens with zero attached hydrogens (tertiary/aromatic N) is 3. The summed E-state index contributed by atoms with van der Waals surface area (Å²) in [7, 11) is 0. The van der Waals surface area contributed by atoms with Gasteiger partial charge in [-0.05, 0) is 43.5 Å². The summed E-state index contributed by atoms with van der Waals surface area (Å²) in [6.07, 6.45) is 2.69. The smallest absolute Gasteiger partial charge is 0.272 e. The van der Waals surface area contributed by atoms with E-state index in [-0.39, 0.29) is 23.3 Å². The molecule has 0 aliphatic carbocycles. The lowest BCUT2D eigenvalue weighted by atomic mass is 10.1. The minimum absolute atomic E-state index is 0.0645. The van der Waals surface area contributed by atoms with Crippen molar-refractivity contribution in [2.75, 3.05) is 5.75 Å². The number of hydrogen-bond acceptors (Lipinski definition) is 6. The van der Waals surface area contributed by atoms with E-state index in [1.54, 1.807) is 10.8 Å². The fraction of sp³-hybridized carbons (Fsp3) is 0.304. The van der Waals surface area contributed by atoms with E-state index in [1.165, 1.54) is 28.7 Å². The topological polar surface area (TPSA) is 76.9 Å². The fourth-order valence-corrected chi connectivity index (χ4v) is 5.18. The molecular weight excluding hydrogens is 428 g/mol. The number of hydrogen-bond donors (Lipinski definition) is 1. The van der Waals surface area contributed by atoms with Crippen LogP contribution < -0.4 is 10.9 Å². The molecular formula is C23H24N4O2S2. The second-order valence-electron chi connectivity index (χ2n) is 7.60. The number of aromatic nitrogens is 3. The zero-order valence-electron chi connectivity index (χ0n) is 17.7. The third-order valence-electron chi connectivity index (χ3n) is 4.87. The Kier molecular flexibility index (Phi) is 6.38. The lowest BCUT2D eigenvalue weighted by Gasteiger charge is -2.13. The van der Waals surface area contributed by atoms with Gasteiger partial charge in [-0.1, -0.05) is 43.0 Å². The number of pyridine rings is 1. The van der Waals surface area contributed by atoms with Crippen LogP contribution in [0, 0.1) is 0 Å². The van der Waals surface area contributed by atoms with Crippen LogP contribution >= 0.6 is 23.1 Å². The second-order valence-corrected chi connectivity index (χ2v) is 9.54. The summed E-state index contributed by atoms with van der Waals surface area (Å²) in [4.78, 5) is 35.7. The van der Waals surface area contributed by atoms with Gasteiger partial charge in [0.25, 0.3) is 5.56 Å². The standard InChI is InChI=1S/C23H24N4O2S2/c1-4-15-7-9-16(10-8-15)12-27-22(29)20-19(17-6-5-11-24-21(17)31-20)26-23(27)30-13-18(28)25-14(2)3/h5-11,14H,4,12-13H2,1-3H3,(H,25,28). The molecule has 0 atom stereocenters. The maximum Gasteiger partial charge on any atom is 0.272 e. The Hall–Kier alpha value is -2.71. The molecule has 8 heteroatoms. The zero-order chi connectivity index (χ0) is 22.0. The highest BCUT2D eigenvalue weighted by molar-refractivity contribution is 7.99. The van der Waals surface area contributed by atoms with Crippen molar-refractivity contribution in [1.29, 1.82) is 0 Å². The van der Waals surface area contributed by atoms with Crippen molar-refractivity contribution in [2.24, 2.45) is 0 Å².